The first-order chi connectivity index (χ1) is 20.8. The molecule has 5 aliphatic carbocycles. The van der Waals surface area contributed by atoms with Crippen LogP contribution in [0.2, 0.25) is 5.02 Å². The number of urea groups is 1. The number of nitrogens with one attached hydrogen (secondary N) is 1. The van der Waals surface area contributed by atoms with Crippen molar-refractivity contribution in [1.29, 1.82) is 0 Å². The third kappa shape index (κ3) is 7.27. The zero-order chi connectivity index (χ0) is 30.0. The van der Waals surface area contributed by atoms with Crippen LogP contribution in [0.25, 0.3) is 0 Å². The summed E-state index contributed by atoms with van der Waals surface area (Å²) in [7, 11) is 0. The Kier molecular flexibility index (Phi) is 9.42. The number of carbonyl (C=O) groups excluding carboxylic acids is 2. The number of halogens is 1. The van der Waals surface area contributed by atoms with E-state index in [1.807, 2.05) is 23.1 Å². The van der Waals surface area contributed by atoms with Crippen molar-refractivity contribution >= 4 is 23.5 Å². The van der Waals surface area contributed by atoms with E-state index in [4.69, 9.17) is 11.6 Å². The van der Waals surface area contributed by atoms with Gasteiger partial charge in [-0.15, -0.1) is 0 Å². The summed E-state index contributed by atoms with van der Waals surface area (Å²) in [6.07, 6.45) is 16.0. The molecule has 0 spiro atoms. The van der Waals surface area contributed by atoms with Gasteiger partial charge in [0.15, 0.2) is 0 Å². The average Bonchev–Trinajstić information content (AvgIpc) is 3.40. The fourth-order valence-corrected chi connectivity index (χ4v) is 9.23. The topological polar surface area (TPSA) is 57.6 Å². The van der Waals surface area contributed by atoms with Gasteiger partial charge in [-0.1, -0.05) is 62.9 Å². The number of amides is 3. The van der Waals surface area contributed by atoms with Gasteiger partial charge in [0.1, 0.15) is 6.54 Å². The summed E-state index contributed by atoms with van der Waals surface area (Å²) in [5, 5.41) is 4.32. The smallest absolute Gasteiger partial charge is 0.318 e. The molecule has 234 valence electrons. The van der Waals surface area contributed by atoms with Crippen LogP contribution < -0.4 is 5.32 Å². The van der Waals surface area contributed by atoms with Gasteiger partial charge in [-0.3, -0.25) is 4.79 Å². The Morgan fingerprint density at radius 3 is 2.30 bits per heavy atom. The molecule has 5 saturated carbocycles. The van der Waals surface area contributed by atoms with Gasteiger partial charge in [-0.2, -0.15) is 0 Å². The Balaban J connectivity index is 1.19. The summed E-state index contributed by atoms with van der Waals surface area (Å²) in [6.45, 7) is 6.37. The van der Waals surface area contributed by atoms with Gasteiger partial charge in [-0.05, 0) is 105 Å². The molecule has 0 radical (unpaired) electrons. The summed E-state index contributed by atoms with van der Waals surface area (Å²) in [6, 6.07) is 12.3. The van der Waals surface area contributed by atoms with E-state index in [9.17, 15) is 9.59 Å². The molecule has 2 aromatic rings. The van der Waals surface area contributed by atoms with Crippen molar-refractivity contribution in [3.63, 3.8) is 0 Å². The van der Waals surface area contributed by atoms with Crippen LogP contribution in [0.15, 0.2) is 42.6 Å². The van der Waals surface area contributed by atoms with Crippen LogP contribution in [0.3, 0.4) is 0 Å². The fourth-order valence-electron chi connectivity index (χ4n) is 9.04. The highest BCUT2D eigenvalue weighted by atomic mass is 35.5. The summed E-state index contributed by atoms with van der Waals surface area (Å²) in [4.78, 5) is 32.2. The predicted octanol–water partition coefficient (Wildman–Crippen LogP) is 7.88. The summed E-state index contributed by atoms with van der Waals surface area (Å²) < 4.78 is 2.21. The van der Waals surface area contributed by atoms with Crippen molar-refractivity contribution in [2.45, 2.75) is 116 Å². The van der Waals surface area contributed by atoms with Crippen LogP contribution in [-0.2, 0) is 17.9 Å². The highest BCUT2D eigenvalue weighted by molar-refractivity contribution is 6.31. The SMILES string of the molecule is CC(C)CCN(CC(=O)N(Cc1cccn1Cc1ccccc1Cl)C1CCCCC1)C(=O)NC12CC3CC(CC(C3)C1)C2. The van der Waals surface area contributed by atoms with Gasteiger partial charge < -0.3 is 19.7 Å². The van der Waals surface area contributed by atoms with Gasteiger partial charge in [0.2, 0.25) is 5.91 Å². The second kappa shape index (κ2) is 13.3. The number of rotatable bonds is 11. The molecule has 0 aliphatic heterocycles. The molecule has 7 heteroatoms. The molecule has 3 amide bonds. The number of hydrogen-bond acceptors (Lipinski definition) is 2. The molecule has 0 saturated heterocycles. The molecule has 5 aliphatic rings. The lowest BCUT2D eigenvalue weighted by Gasteiger charge is -2.57. The maximum absolute atomic E-state index is 14.3. The van der Waals surface area contributed by atoms with Crippen LogP contribution in [0.4, 0.5) is 4.79 Å². The average molecular weight is 607 g/mol. The maximum Gasteiger partial charge on any atom is 0.318 e. The quantitative estimate of drug-likeness (QED) is 0.283. The van der Waals surface area contributed by atoms with Crippen molar-refractivity contribution in [2.24, 2.45) is 23.7 Å². The summed E-state index contributed by atoms with van der Waals surface area (Å²) in [5.74, 6) is 2.83. The molecule has 1 N–H and O–H groups in total. The molecule has 5 fully saturated rings. The van der Waals surface area contributed by atoms with E-state index in [2.05, 4.69) is 53.0 Å². The normalized spacial score (nSPS) is 26.6. The van der Waals surface area contributed by atoms with Gasteiger partial charge in [-0.25, -0.2) is 4.79 Å². The first kappa shape index (κ1) is 30.6. The highest BCUT2D eigenvalue weighted by Gasteiger charge is 2.52. The van der Waals surface area contributed by atoms with E-state index in [1.54, 1.807) is 0 Å². The Labute approximate surface area is 263 Å². The largest absolute Gasteiger partial charge is 0.345 e. The Hall–Kier alpha value is -2.47. The molecular formula is C36H51ClN4O2. The third-order valence-electron chi connectivity index (χ3n) is 10.9. The van der Waals surface area contributed by atoms with Crippen molar-refractivity contribution in [2.75, 3.05) is 13.1 Å². The lowest BCUT2D eigenvalue weighted by molar-refractivity contribution is -0.135. The van der Waals surface area contributed by atoms with E-state index in [0.29, 0.717) is 25.6 Å². The molecule has 0 unspecified atom stereocenters. The van der Waals surface area contributed by atoms with Gasteiger partial charge >= 0.3 is 6.03 Å². The van der Waals surface area contributed by atoms with E-state index in [-0.39, 0.29) is 30.1 Å². The molecule has 43 heavy (non-hydrogen) atoms. The first-order valence-corrected chi connectivity index (χ1v) is 17.4. The van der Waals surface area contributed by atoms with Gasteiger partial charge in [0.25, 0.3) is 0 Å². The maximum atomic E-state index is 14.3. The molecule has 4 bridgehead atoms. The first-order valence-electron chi connectivity index (χ1n) is 17.0. The predicted molar refractivity (Wildman–Crippen MR) is 173 cm³/mol. The third-order valence-corrected chi connectivity index (χ3v) is 11.3. The summed E-state index contributed by atoms with van der Waals surface area (Å²) in [5.41, 5.74) is 2.11. The zero-order valence-corrected chi connectivity index (χ0v) is 27.0. The summed E-state index contributed by atoms with van der Waals surface area (Å²) >= 11 is 6.50. The van der Waals surface area contributed by atoms with Crippen LogP contribution in [-0.4, -0.2) is 51.0 Å². The van der Waals surface area contributed by atoms with E-state index in [1.165, 1.54) is 25.7 Å². The van der Waals surface area contributed by atoms with E-state index >= 15 is 0 Å². The Morgan fingerprint density at radius 1 is 0.977 bits per heavy atom. The van der Waals surface area contributed by atoms with E-state index < -0.39 is 0 Å². The Bertz CT molecular complexity index is 1230. The molecule has 6 nitrogen and oxygen atoms in total. The van der Waals surface area contributed by atoms with Crippen LogP contribution in [0, 0.1) is 23.7 Å². The Morgan fingerprint density at radius 2 is 1.65 bits per heavy atom. The minimum atomic E-state index is -0.0619. The van der Waals surface area contributed by atoms with Gasteiger partial charge in [0, 0.05) is 41.6 Å². The molecular weight excluding hydrogens is 556 g/mol. The van der Waals surface area contributed by atoms with E-state index in [0.717, 1.165) is 85.4 Å². The number of nitrogens with zero attached hydrogens (tertiary/aromatic N) is 3. The standard InChI is InChI=1S/C36H51ClN4O2/c1-26(2)14-16-40(35(43)38-36-20-27-17-28(21-36)19-29(18-27)22-36)25-34(42)41(31-10-4-3-5-11-31)24-32-12-8-15-39(32)23-30-9-6-7-13-33(30)37/h6-9,12-13,15,26-29,31H,3-5,10-11,14,16-25H2,1-2H3,(H,38,43). The number of aromatic nitrogens is 1. The number of hydrogen-bond donors (Lipinski definition) is 1. The van der Waals surface area contributed by atoms with Crippen LogP contribution in [0.5, 0.6) is 0 Å². The second-order valence-corrected chi connectivity index (χ2v) is 15.2. The van der Waals surface area contributed by atoms with Crippen molar-refractivity contribution in [3.8, 4) is 0 Å². The highest BCUT2D eigenvalue weighted by Crippen LogP contribution is 2.55. The van der Waals surface area contributed by atoms with Crippen molar-refractivity contribution in [1.82, 2.24) is 19.7 Å². The van der Waals surface area contributed by atoms with Gasteiger partial charge in [0.05, 0.1) is 6.54 Å². The van der Waals surface area contributed by atoms with Crippen molar-refractivity contribution < 1.29 is 9.59 Å². The molecule has 1 heterocycles. The lowest BCUT2D eigenvalue weighted by Crippen LogP contribution is -2.62. The fraction of sp³-hybridized carbons (Fsp3) is 0.667. The minimum absolute atomic E-state index is 0.0263. The molecule has 1 aromatic heterocycles. The number of benzene rings is 1. The van der Waals surface area contributed by atoms with Crippen molar-refractivity contribution in [3.05, 3.63) is 58.9 Å². The number of carbonyl (C=O) groups is 2. The monoisotopic (exact) mass is 606 g/mol. The van der Waals surface area contributed by atoms with Crippen LogP contribution in [0.1, 0.15) is 102 Å². The lowest BCUT2D eigenvalue weighted by atomic mass is 9.53. The molecule has 0 atom stereocenters. The zero-order valence-electron chi connectivity index (χ0n) is 26.3. The molecule has 7 rings (SSSR count). The molecule has 1 aromatic carbocycles. The second-order valence-electron chi connectivity index (χ2n) is 14.8. The minimum Gasteiger partial charge on any atom is -0.345 e. The van der Waals surface area contributed by atoms with Crippen LogP contribution >= 0.6 is 11.6 Å².